The maximum absolute atomic E-state index is 12.3. The number of likely N-dealkylation sites (tertiary alicyclic amines) is 2. The Morgan fingerprint density at radius 3 is 2.83 bits per heavy atom. The average Bonchev–Trinajstić information content (AvgIpc) is 3.28. The molecule has 2 aliphatic rings. The first-order valence-electron chi connectivity index (χ1n) is 9.18. The third kappa shape index (κ3) is 4.48. The van der Waals surface area contributed by atoms with Crippen LogP contribution in [0, 0.1) is 5.92 Å². The van der Waals surface area contributed by atoms with Crippen molar-refractivity contribution in [2.75, 3.05) is 39.3 Å². The Morgan fingerprint density at radius 2 is 2.04 bits per heavy atom. The SMILES string of the molecule is O=C(NCC1CCN(CCc2ccccc2)C1)N1CCCC1CO. The summed E-state index contributed by atoms with van der Waals surface area (Å²) in [5, 5.41) is 12.4. The standard InChI is InChI=1S/C19H29N3O2/c23-15-18-7-4-10-22(18)19(24)20-13-17-9-12-21(14-17)11-8-16-5-2-1-3-6-16/h1-3,5-6,17-18,23H,4,7-15H2,(H,20,24). The van der Waals surface area contributed by atoms with E-state index in [2.05, 4.69) is 40.5 Å². The molecule has 2 fully saturated rings. The molecular formula is C19H29N3O2. The third-order valence-corrected chi connectivity index (χ3v) is 5.32. The molecule has 2 atom stereocenters. The van der Waals surface area contributed by atoms with Crippen molar-refractivity contribution in [3.8, 4) is 0 Å². The number of aliphatic hydroxyl groups is 1. The number of hydrogen-bond acceptors (Lipinski definition) is 3. The second-order valence-electron chi connectivity index (χ2n) is 7.05. The van der Waals surface area contributed by atoms with Gasteiger partial charge in [-0.15, -0.1) is 0 Å². The number of amides is 2. The number of carbonyl (C=O) groups is 1. The Labute approximate surface area is 144 Å². The smallest absolute Gasteiger partial charge is 0.317 e. The van der Waals surface area contributed by atoms with Crippen LogP contribution < -0.4 is 5.32 Å². The first-order valence-corrected chi connectivity index (χ1v) is 9.18. The van der Waals surface area contributed by atoms with Gasteiger partial charge in [0, 0.05) is 26.2 Å². The molecule has 0 spiro atoms. The van der Waals surface area contributed by atoms with Crippen molar-refractivity contribution in [3.05, 3.63) is 35.9 Å². The van der Waals surface area contributed by atoms with E-state index in [1.807, 2.05) is 0 Å². The quantitative estimate of drug-likeness (QED) is 0.834. The zero-order valence-electron chi connectivity index (χ0n) is 14.4. The minimum Gasteiger partial charge on any atom is -0.394 e. The molecule has 2 saturated heterocycles. The molecular weight excluding hydrogens is 302 g/mol. The van der Waals surface area contributed by atoms with Crippen LogP contribution in [0.4, 0.5) is 4.79 Å². The fourth-order valence-electron chi connectivity index (χ4n) is 3.84. The number of nitrogens with one attached hydrogen (secondary N) is 1. The van der Waals surface area contributed by atoms with Crippen LogP contribution in [-0.4, -0.2) is 66.3 Å². The van der Waals surface area contributed by atoms with Crippen LogP contribution in [0.3, 0.4) is 0 Å². The Kier molecular flexibility index (Phi) is 6.10. The van der Waals surface area contributed by atoms with Crippen molar-refractivity contribution in [3.63, 3.8) is 0 Å². The molecule has 0 aromatic heterocycles. The second-order valence-corrected chi connectivity index (χ2v) is 7.05. The van der Waals surface area contributed by atoms with Crippen molar-refractivity contribution >= 4 is 6.03 Å². The lowest BCUT2D eigenvalue weighted by molar-refractivity contribution is 0.156. The van der Waals surface area contributed by atoms with Crippen molar-refractivity contribution in [2.45, 2.75) is 31.7 Å². The minimum absolute atomic E-state index is 0.00529. The molecule has 2 unspecified atom stereocenters. The predicted octanol–water partition coefficient (Wildman–Crippen LogP) is 1.72. The molecule has 2 aliphatic heterocycles. The highest BCUT2D eigenvalue weighted by molar-refractivity contribution is 5.74. The van der Waals surface area contributed by atoms with E-state index in [0.29, 0.717) is 5.92 Å². The molecule has 5 heteroatoms. The van der Waals surface area contributed by atoms with Crippen molar-refractivity contribution in [1.82, 2.24) is 15.1 Å². The van der Waals surface area contributed by atoms with Gasteiger partial charge in [0.2, 0.25) is 0 Å². The number of benzene rings is 1. The van der Waals surface area contributed by atoms with Gasteiger partial charge in [-0.05, 0) is 43.7 Å². The maximum atomic E-state index is 12.3. The van der Waals surface area contributed by atoms with Crippen LogP contribution in [0.25, 0.3) is 0 Å². The molecule has 5 nitrogen and oxygen atoms in total. The normalized spacial score (nSPS) is 24.5. The van der Waals surface area contributed by atoms with Crippen molar-refractivity contribution in [2.24, 2.45) is 5.92 Å². The first-order chi connectivity index (χ1) is 11.8. The van der Waals surface area contributed by atoms with Gasteiger partial charge in [0.25, 0.3) is 0 Å². The molecule has 0 aliphatic carbocycles. The summed E-state index contributed by atoms with van der Waals surface area (Å²) in [6, 6.07) is 10.6. The van der Waals surface area contributed by atoms with E-state index in [1.54, 1.807) is 4.90 Å². The lowest BCUT2D eigenvalue weighted by Crippen LogP contribution is -2.45. The summed E-state index contributed by atoms with van der Waals surface area (Å²) in [6.45, 7) is 4.87. The number of aliphatic hydroxyl groups excluding tert-OH is 1. The van der Waals surface area contributed by atoms with Crippen LogP contribution >= 0.6 is 0 Å². The van der Waals surface area contributed by atoms with Crippen LogP contribution in [0.2, 0.25) is 0 Å². The number of nitrogens with zero attached hydrogens (tertiary/aromatic N) is 2. The lowest BCUT2D eigenvalue weighted by Gasteiger charge is -2.24. The van der Waals surface area contributed by atoms with Gasteiger partial charge >= 0.3 is 6.03 Å². The van der Waals surface area contributed by atoms with E-state index in [-0.39, 0.29) is 18.7 Å². The Hall–Kier alpha value is -1.59. The van der Waals surface area contributed by atoms with Crippen LogP contribution in [0.1, 0.15) is 24.8 Å². The van der Waals surface area contributed by atoms with Crippen molar-refractivity contribution < 1.29 is 9.90 Å². The van der Waals surface area contributed by atoms with E-state index < -0.39 is 0 Å². The molecule has 2 heterocycles. The molecule has 132 valence electrons. The van der Waals surface area contributed by atoms with E-state index in [9.17, 15) is 9.90 Å². The fraction of sp³-hybridized carbons (Fsp3) is 0.632. The summed E-state index contributed by atoms with van der Waals surface area (Å²) in [4.78, 5) is 16.5. The van der Waals surface area contributed by atoms with Gasteiger partial charge in [0.05, 0.1) is 12.6 Å². The molecule has 1 aromatic carbocycles. The van der Waals surface area contributed by atoms with Gasteiger partial charge in [-0.1, -0.05) is 30.3 Å². The highest BCUT2D eigenvalue weighted by Gasteiger charge is 2.29. The lowest BCUT2D eigenvalue weighted by atomic mass is 10.1. The summed E-state index contributed by atoms with van der Waals surface area (Å²) < 4.78 is 0. The number of urea groups is 1. The van der Waals surface area contributed by atoms with E-state index in [0.717, 1.165) is 58.4 Å². The second kappa shape index (κ2) is 8.49. The molecule has 0 bridgehead atoms. The molecule has 0 radical (unpaired) electrons. The fourth-order valence-corrected chi connectivity index (χ4v) is 3.84. The average molecular weight is 331 g/mol. The van der Waals surface area contributed by atoms with E-state index >= 15 is 0 Å². The van der Waals surface area contributed by atoms with Crippen LogP contribution in [0.15, 0.2) is 30.3 Å². The number of hydrogen-bond donors (Lipinski definition) is 2. The Bertz CT molecular complexity index is 523. The van der Waals surface area contributed by atoms with E-state index in [1.165, 1.54) is 5.56 Å². The summed E-state index contributed by atoms with van der Waals surface area (Å²) >= 11 is 0. The molecule has 3 rings (SSSR count). The Morgan fingerprint density at radius 1 is 1.21 bits per heavy atom. The minimum atomic E-state index is -0.00529. The summed E-state index contributed by atoms with van der Waals surface area (Å²) in [7, 11) is 0. The topological polar surface area (TPSA) is 55.8 Å². The van der Waals surface area contributed by atoms with Gasteiger partial charge in [0.15, 0.2) is 0 Å². The van der Waals surface area contributed by atoms with Crippen LogP contribution in [-0.2, 0) is 6.42 Å². The van der Waals surface area contributed by atoms with E-state index in [4.69, 9.17) is 0 Å². The zero-order valence-corrected chi connectivity index (χ0v) is 14.4. The number of carbonyl (C=O) groups excluding carboxylic acids is 1. The van der Waals surface area contributed by atoms with Crippen molar-refractivity contribution in [1.29, 1.82) is 0 Å². The molecule has 1 aromatic rings. The number of rotatable bonds is 6. The predicted molar refractivity (Wildman–Crippen MR) is 94.9 cm³/mol. The van der Waals surface area contributed by atoms with Gasteiger partial charge in [-0.2, -0.15) is 0 Å². The summed E-state index contributed by atoms with van der Waals surface area (Å²) in [5.41, 5.74) is 1.39. The molecule has 2 N–H and O–H groups in total. The summed E-state index contributed by atoms with van der Waals surface area (Å²) in [6.07, 6.45) is 4.15. The Balaban J connectivity index is 1.36. The third-order valence-electron chi connectivity index (χ3n) is 5.32. The largest absolute Gasteiger partial charge is 0.394 e. The van der Waals surface area contributed by atoms with Crippen LogP contribution in [0.5, 0.6) is 0 Å². The van der Waals surface area contributed by atoms with Gasteiger partial charge in [-0.3, -0.25) is 0 Å². The highest BCUT2D eigenvalue weighted by atomic mass is 16.3. The zero-order chi connectivity index (χ0) is 16.8. The molecule has 24 heavy (non-hydrogen) atoms. The molecule has 0 saturated carbocycles. The summed E-state index contributed by atoms with van der Waals surface area (Å²) in [5.74, 6) is 0.542. The molecule has 2 amide bonds. The monoisotopic (exact) mass is 331 g/mol. The maximum Gasteiger partial charge on any atom is 0.317 e. The highest BCUT2D eigenvalue weighted by Crippen LogP contribution is 2.18. The van der Waals surface area contributed by atoms with Gasteiger partial charge < -0.3 is 20.2 Å². The van der Waals surface area contributed by atoms with Gasteiger partial charge in [0.1, 0.15) is 0 Å². The first kappa shape index (κ1) is 17.2. The van der Waals surface area contributed by atoms with Gasteiger partial charge in [-0.25, -0.2) is 4.79 Å².